The van der Waals surface area contributed by atoms with E-state index in [1.165, 1.54) is 24.8 Å². The molecule has 1 N–H and O–H groups in total. The molecule has 116 valence electrons. The van der Waals surface area contributed by atoms with Gasteiger partial charge in [0.15, 0.2) is 9.84 Å². The molecule has 4 nitrogen and oxygen atoms in total. The second-order valence-corrected chi connectivity index (χ2v) is 8.49. The summed E-state index contributed by atoms with van der Waals surface area (Å²) in [6, 6.07) is 6.33. The van der Waals surface area contributed by atoms with Crippen LogP contribution in [0.2, 0.25) is 5.02 Å². The van der Waals surface area contributed by atoms with Gasteiger partial charge < -0.3 is 10.1 Å². The van der Waals surface area contributed by atoms with Crippen LogP contribution in [-0.4, -0.2) is 38.6 Å². The summed E-state index contributed by atoms with van der Waals surface area (Å²) >= 11 is 6.25. The van der Waals surface area contributed by atoms with Gasteiger partial charge in [0.2, 0.25) is 0 Å². The average Bonchev–Trinajstić information content (AvgIpc) is 2.41. The van der Waals surface area contributed by atoms with Crippen LogP contribution in [0.1, 0.15) is 24.8 Å². The minimum Gasteiger partial charge on any atom is -0.487 e. The Kier molecular flexibility index (Phi) is 4.43. The Hall–Kier alpha value is -0.780. The minimum atomic E-state index is -2.87. The zero-order valence-corrected chi connectivity index (χ0v) is 13.4. The molecule has 0 amide bonds. The molecular weight excluding hydrogens is 310 g/mol. The molecule has 0 spiro atoms. The number of hydrogen-bond donors (Lipinski definition) is 1. The third-order valence-corrected chi connectivity index (χ3v) is 6.12. The van der Waals surface area contributed by atoms with Crippen LogP contribution in [0.5, 0.6) is 5.75 Å². The standard InChI is InChI=1S/C15H20ClNO3S/c16-14-8-11(7-12-3-1-2-6-17-12)4-5-15(14)20-13-9-21(18,19)10-13/h4-5,8,12-13,17H,1-3,6-7,9-10H2. The lowest BCUT2D eigenvalue weighted by Gasteiger charge is -2.27. The molecular formula is C15H20ClNO3S. The highest BCUT2D eigenvalue weighted by Crippen LogP contribution is 2.29. The maximum absolute atomic E-state index is 11.1. The molecule has 0 aromatic heterocycles. The van der Waals surface area contributed by atoms with Gasteiger partial charge in [0.1, 0.15) is 11.9 Å². The van der Waals surface area contributed by atoms with Crippen LogP contribution in [-0.2, 0) is 16.3 Å². The van der Waals surface area contributed by atoms with Gasteiger partial charge in [0.25, 0.3) is 0 Å². The van der Waals surface area contributed by atoms with Crippen molar-refractivity contribution >= 4 is 21.4 Å². The maximum Gasteiger partial charge on any atom is 0.157 e. The van der Waals surface area contributed by atoms with Gasteiger partial charge in [-0.25, -0.2) is 8.42 Å². The van der Waals surface area contributed by atoms with Crippen molar-refractivity contribution < 1.29 is 13.2 Å². The van der Waals surface area contributed by atoms with Crippen molar-refractivity contribution in [1.82, 2.24) is 5.32 Å². The van der Waals surface area contributed by atoms with Crippen LogP contribution in [0, 0.1) is 0 Å². The summed E-state index contributed by atoms with van der Waals surface area (Å²) in [6.45, 7) is 1.09. The molecule has 2 heterocycles. The quantitative estimate of drug-likeness (QED) is 0.920. The van der Waals surface area contributed by atoms with Gasteiger partial charge in [-0.15, -0.1) is 0 Å². The van der Waals surface area contributed by atoms with Crippen LogP contribution < -0.4 is 10.1 Å². The highest BCUT2D eigenvalue weighted by molar-refractivity contribution is 7.92. The van der Waals surface area contributed by atoms with Gasteiger partial charge in [-0.1, -0.05) is 24.1 Å². The zero-order valence-electron chi connectivity index (χ0n) is 11.8. The van der Waals surface area contributed by atoms with Gasteiger partial charge in [-0.3, -0.25) is 0 Å². The zero-order chi connectivity index (χ0) is 14.9. The Morgan fingerprint density at radius 1 is 1.29 bits per heavy atom. The third-order valence-electron chi connectivity index (χ3n) is 4.06. The molecule has 6 heteroatoms. The summed E-state index contributed by atoms with van der Waals surface area (Å²) in [6.07, 6.45) is 4.46. The van der Waals surface area contributed by atoms with E-state index in [9.17, 15) is 8.42 Å². The van der Waals surface area contributed by atoms with Crippen LogP contribution in [0.4, 0.5) is 0 Å². The van der Waals surface area contributed by atoms with Crippen molar-refractivity contribution in [2.45, 2.75) is 37.8 Å². The molecule has 1 unspecified atom stereocenters. The van der Waals surface area contributed by atoms with Gasteiger partial charge in [0, 0.05) is 6.04 Å². The van der Waals surface area contributed by atoms with Gasteiger partial charge >= 0.3 is 0 Å². The lowest BCUT2D eigenvalue weighted by atomic mass is 9.98. The Labute approximate surface area is 130 Å². The van der Waals surface area contributed by atoms with E-state index in [0.717, 1.165) is 13.0 Å². The molecule has 0 radical (unpaired) electrons. The molecule has 2 aliphatic rings. The van der Waals surface area contributed by atoms with Crippen LogP contribution in [0.15, 0.2) is 18.2 Å². The van der Waals surface area contributed by atoms with Crippen molar-refractivity contribution in [1.29, 1.82) is 0 Å². The van der Waals surface area contributed by atoms with E-state index in [2.05, 4.69) is 5.32 Å². The minimum absolute atomic E-state index is 0.0943. The first-order valence-corrected chi connectivity index (χ1v) is 9.61. The van der Waals surface area contributed by atoms with Gasteiger partial charge in [-0.2, -0.15) is 0 Å². The Balaban J connectivity index is 1.60. The number of ether oxygens (including phenoxy) is 1. The summed E-state index contributed by atoms with van der Waals surface area (Å²) in [5.41, 5.74) is 1.19. The van der Waals surface area contributed by atoms with E-state index < -0.39 is 9.84 Å². The predicted molar refractivity (Wildman–Crippen MR) is 83.9 cm³/mol. The normalized spacial score (nSPS) is 25.3. The SMILES string of the molecule is O=S1(=O)CC(Oc2ccc(CC3CCCCN3)cc2Cl)C1. The van der Waals surface area contributed by atoms with Crippen molar-refractivity contribution in [2.24, 2.45) is 0 Å². The van der Waals surface area contributed by atoms with Crippen LogP contribution in [0.3, 0.4) is 0 Å². The van der Waals surface area contributed by atoms with Gasteiger partial charge in [0.05, 0.1) is 16.5 Å². The first kappa shape index (κ1) is 15.1. The number of rotatable bonds is 4. The van der Waals surface area contributed by atoms with E-state index in [4.69, 9.17) is 16.3 Å². The molecule has 21 heavy (non-hydrogen) atoms. The van der Waals surface area contributed by atoms with E-state index in [1.54, 1.807) is 0 Å². The molecule has 0 bridgehead atoms. The summed E-state index contributed by atoms with van der Waals surface area (Å²) < 4.78 is 27.9. The molecule has 2 saturated heterocycles. The Bertz CT molecular complexity index is 599. The van der Waals surface area contributed by atoms with E-state index in [-0.39, 0.29) is 17.6 Å². The third kappa shape index (κ3) is 3.90. The van der Waals surface area contributed by atoms with Gasteiger partial charge in [-0.05, 0) is 43.5 Å². The van der Waals surface area contributed by atoms with E-state index in [0.29, 0.717) is 16.8 Å². The van der Waals surface area contributed by atoms with Crippen LogP contribution in [0.25, 0.3) is 0 Å². The fourth-order valence-corrected chi connectivity index (χ4v) is 4.33. The molecule has 1 atom stereocenters. The van der Waals surface area contributed by atoms with Crippen molar-refractivity contribution in [3.63, 3.8) is 0 Å². The fourth-order valence-electron chi connectivity index (χ4n) is 2.91. The fraction of sp³-hybridized carbons (Fsp3) is 0.600. The number of hydrogen-bond acceptors (Lipinski definition) is 4. The lowest BCUT2D eigenvalue weighted by molar-refractivity contribution is 0.230. The molecule has 3 rings (SSSR count). The summed E-state index contributed by atoms with van der Waals surface area (Å²) in [5, 5.41) is 4.08. The second kappa shape index (κ2) is 6.15. The lowest BCUT2D eigenvalue weighted by Crippen LogP contribution is -2.45. The first-order chi connectivity index (χ1) is 10.0. The Morgan fingerprint density at radius 2 is 2.10 bits per heavy atom. The predicted octanol–water partition coefficient (Wildman–Crippen LogP) is 2.20. The topological polar surface area (TPSA) is 55.4 Å². The Morgan fingerprint density at radius 3 is 2.71 bits per heavy atom. The second-order valence-electron chi connectivity index (χ2n) is 5.93. The molecule has 0 saturated carbocycles. The van der Waals surface area contributed by atoms with Crippen LogP contribution >= 0.6 is 11.6 Å². The van der Waals surface area contributed by atoms with E-state index >= 15 is 0 Å². The molecule has 1 aromatic rings. The van der Waals surface area contributed by atoms with Crippen molar-refractivity contribution in [3.05, 3.63) is 28.8 Å². The number of piperidine rings is 1. The molecule has 2 aliphatic heterocycles. The first-order valence-electron chi connectivity index (χ1n) is 7.41. The number of halogens is 1. The molecule has 2 fully saturated rings. The summed E-state index contributed by atoms with van der Waals surface area (Å²) in [5.74, 6) is 0.769. The molecule has 1 aromatic carbocycles. The van der Waals surface area contributed by atoms with E-state index in [1.807, 2.05) is 18.2 Å². The smallest absolute Gasteiger partial charge is 0.157 e. The van der Waals surface area contributed by atoms with Crippen molar-refractivity contribution in [3.8, 4) is 5.75 Å². The largest absolute Gasteiger partial charge is 0.487 e. The number of benzene rings is 1. The highest BCUT2D eigenvalue weighted by Gasteiger charge is 2.35. The number of sulfone groups is 1. The monoisotopic (exact) mass is 329 g/mol. The average molecular weight is 330 g/mol. The summed E-state index contributed by atoms with van der Waals surface area (Å²) in [4.78, 5) is 0. The molecule has 0 aliphatic carbocycles. The number of nitrogens with one attached hydrogen (secondary N) is 1. The van der Waals surface area contributed by atoms with Crippen molar-refractivity contribution in [2.75, 3.05) is 18.1 Å². The summed E-state index contributed by atoms with van der Waals surface area (Å²) in [7, 11) is -2.87. The maximum atomic E-state index is 11.1. The highest BCUT2D eigenvalue weighted by atomic mass is 35.5.